The summed E-state index contributed by atoms with van der Waals surface area (Å²) in [5, 5.41) is 3.10. The molecule has 2 fully saturated rings. The molecule has 2 rings (SSSR count). The monoisotopic (exact) mass is 274 g/mol. The van der Waals surface area contributed by atoms with Crippen molar-refractivity contribution >= 4 is 10.0 Å². The van der Waals surface area contributed by atoms with Crippen molar-refractivity contribution in [3.05, 3.63) is 0 Å². The van der Waals surface area contributed by atoms with Gasteiger partial charge in [0, 0.05) is 12.6 Å². The molecule has 0 aromatic rings. The maximum atomic E-state index is 12.4. The molecule has 0 spiro atoms. The Morgan fingerprint density at radius 3 is 2.17 bits per heavy atom. The van der Waals surface area contributed by atoms with Gasteiger partial charge >= 0.3 is 0 Å². The molecule has 1 heterocycles. The van der Waals surface area contributed by atoms with Crippen molar-refractivity contribution in [2.24, 2.45) is 0 Å². The van der Waals surface area contributed by atoms with Crippen LogP contribution < -0.4 is 10.0 Å². The van der Waals surface area contributed by atoms with Crippen LogP contribution in [0.1, 0.15) is 57.8 Å². The third-order valence-electron chi connectivity index (χ3n) is 4.12. The fourth-order valence-corrected chi connectivity index (χ4v) is 4.82. The SMILES string of the molecule is O=S(=O)(NC1CCCNC1)C1CCCCCCC1. The van der Waals surface area contributed by atoms with Crippen molar-refractivity contribution in [2.75, 3.05) is 13.1 Å². The van der Waals surface area contributed by atoms with Crippen molar-refractivity contribution in [1.82, 2.24) is 10.0 Å². The van der Waals surface area contributed by atoms with Gasteiger partial charge in [0.25, 0.3) is 0 Å². The highest BCUT2D eigenvalue weighted by Gasteiger charge is 2.28. The number of piperidine rings is 1. The molecule has 1 saturated carbocycles. The normalized spacial score (nSPS) is 28.6. The smallest absolute Gasteiger partial charge is 0.214 e. The summed E-state index contributed by atoms with van der Waals surface area (Å²) < 4.78 is 27.7. The summed E-state index contributed by atoms with van der Waals surface area (Å²) in [4.78, 5) is 0. The Balaban J connectivity index is 1.90. The molecular formula is C13H26N2O2S. The fraction of sp³-hybridized carbons (Fsp3) is 1.00. The molecule has 1 atom stereocenters. The molecule has 0 bridgehead atoms. The van der Waals surface area contributed by atoms with Crippen LogP contribution in [0.5, 0.6) is 0 Å². The van der Waals surface area contributed by atoms with E-state index in [1.165, 1.54) is 19.3 Å². The highest BCUT2D eigenvalue weighted by Crippen LogP contribution is 2.22. The first kappa shape index (κ1) is 14.3. The van der Waals surface area contributed by atoms with Crippen LogP contribution in [0.4, 0.5) is 0 Å². The number of hydrogen-bond donors (Lipinski definition) is 2. The second-order valence-corrected chi connectivity index (χ2v) is 7.67. The van der Waals surface area contributed by atoms with E-state index in [1.807, 2.05) is 0 Å². The minimum absolute atomic E-state index is 0.106. The van der Waals surface area contributed by atoms with E-state index in [2.05, 4.69) is 10.0 Å². The number of nitrogens with one attached hydrogen (secondary N) is 2. The van der Waals surface area contributed by atoms with Crippen LogP contribution in [0.3, 0.4) is 0 Å². The Kier molecular flexibility index (Phi) is 5.45. The zero-order valence-electron chi connectivity index (χ0n) is 11.2. The van der Waals surface area contributed by atoms with Gasteiger partial charge in [-0.25, -0.2) is 13.1 Å². The van der Waals surface area contributed by atoms with E-state index in [1.54, 1.807) is 0 Å². The lowest BCUT2D eigenvalue weighted by atomic mass is 10.0. The fourth-order valence-electron chi connectivity index (χ4n) is 3.01. The molecule has 1 saturated heterocycles. The molecule has 0 radical (unpaired) electrons. The summed E-state index contributed by atoms with van der Waals surface area (Å²) in [5.74, 6) is 0. The van der Waals surface area contributed by atoms with Crippen molar-refractivity contribution < 1.29 is 8.42 Å². The van der Waals surface area contributed by atoms with Gasteiger partial charge in [-0.15, -0.1) is 0 Å². The predicted molar refractivity (Wildman–Crippen MR) is 74.1 cm³/mol. The van der Waals surface area contributed by atoms with Gasteiger partial charge in [-0.05, 0) is 32.2 Å². The molecule has 4 nitrogen and oxygen atoms in total. The Labute approximate surface area is 111 Å². The lowest BCUT2D eigenvalue weighted by molar-refractivity contribution is 0.420. The lowest BCUT2D eigenvalue weighted by Gasteiger charge is -2.27. The van der Waals surface area contributed by atoms with E-state index in [0.717, 1.165) is 51.6 Å². The Bertz CT molecular complexity index is 329. The molecule has 1 unspecified atom stereocenters. The van der Waals surface area contributed by atoms with Crippen LogP contribution >= 0.6 is 0 Å². The van der Waals surface area contributed by atoms with Gasteiger partial charge in [-0.3, -0.25) is 0 Å². The van der Waals surface area contributed by atoms with Crippen LogP contribution in [-0.2, 0) is 10.0 Å². The van der Waals surface area contributed by atoms with Crippen LogP contribution in [-0.4, -0.2) is 32.8 Å². The van der Waals surface area contributed by atoms with Gasteiger partial charge in [0.1, 0.15) is 0 Å². The van der Waals surface area contributed by atoms with Gasteiger partial charge in [-0.2, -0.15) is 0 Å². The zero-order chi connectivity index (χ0) is 12.8. The molecule has 0 amide bonds. The number of sulfonamides is 1. The average molecular weight is 274 g/mol. The van der Waals surface area contributed by atoms with Gasteiger partial charge < -0.3 is 5.32 Å². The first-order chi connectivity index (χ1) is 8.68. The molecule has 5 heteroatoms. The second kappa shape index (κ2) is 6.87. The van der Waals surface area contributed by atoms with E-state index < -0.39 is 10.0 Å². The first-order valence-corrected chi connectivity index (χ1v) is 8.95. The quantitative estimate of drug-likeness (QED) is 0.824. The molecule has 1 aliphatic carbocycles. The van der Waals surface area contributed by atoms with Crippen molar-refractivity contribution in [3.63, 3.8) is 0 Å². The highest BCUT2D eigenvalue weighted by molar-refractivity contribution is 7.90. The van der Waals surface area contributed by atoms with Crippen molar-refractivity contribution in [2.45, 2.75) is 69.1 Å². The summed E-state index contributed by atoms with van der Waals surface area (Å²) >= 11 is 0. The molecule has 1 aliphatic heterocycles. The zero-order valence-corrected chi connectivity index (χ0v) is 12.0. The third-order valence-corrected chi connectivity index (χ3v) is 6.13. The first-order valence-electron chi connectivity index (χ1n) is 7.40. The second-order valence-electron chi connectivity index (χ2n) is 5.67. The van der Waals surface area contributed by atoms with Gasteiger partial charge in [0.2, 0.25) is 10.0 Å². The molecule has 0 aromatic carbocycles. The van der Waals surface area contributed by atoms with E-state index >= 15 is 0 Å². The summed E-state index contributed by atoms with van der Waals surface area (Å²) in [6.45, 7) is 1.80. The third kappa shape index (κ3) is 4.21. The minimum atomic E-state index is -3.11. The molecule has 0 aromatic heterocycles. The average Bonchev–Trinajstić information content (AvgIpc) is 2.28. The van der Waals surface area contributed by atoms with E-state index in [4.69, 9.17) is 0 Å². The number of rotatable bonds is 3. The summed E-state index contributed by atoms with van der Waals surface area (Å²) in [5.41, 5.74) is 0. The summed E-state index contributed by atoms with van der Waals surface area (Å²) in [6.07, 6.45) is 9.51. The Hall–Kier alpha value is -0.130. The van der Waals surface area contributed by atoms with Crippen LogP contribution in [0.15, 0.2) is 0 Å². The van der Waals surface area contributed by atoms with Crippen molar-refractivity contribution in [3.8, 4) is 0 Å². The van der Waals surface area contributed by atoms with Crippen LogP contribution in [0, 0.1) is 0 Å². The molecule has 2 N–H and O–H groups in total. The summed E-state index contributed by atoms with van der Waals surface area (Å²) in [6, 6.07) is 0.106. The predicted octanol–water partition coefficient (Wildman–Crippen LogP) is 1.77. The van der Waals surface area contributed by atoms with E-state index in [0.29, 0.717) is 0 Å². The molecular weight excluding hydrogens is 248 g/mol. The summed E-state index contributed by atoms with van der Waals surface area (Å²) in [7, 11) is -3.11. The largest absolute Gasteiger partial charge is 0.315 e. The van der Waals surface area contributed by atoms with E-state index in [9.17, 15) is 8.42 Å². The molecule has 2 aliphatic rings. The van der Waals surface area contributed by atoms with E-state index in [-0.39, 0.29) is 11.3 Å². The lowest BCUT2D eigenvalue weighted by Crippen LogP contribution is -2.48. The van der Waals surface area contributed by atoms with Crippen molar-refractivity contribution in [1.29, 1.82) is 0 Å². The van der Waals surface area contributed by atoms with Gasteiger partial charge in [-0.1, -0.05) is 32.1 Å². The Morgan fingerprint density at radius 1 is 0.889 bits per heavy atom. The maximum Gasteiger partial charge on any atom is 0.214 e. The maximum absolute atomic E-state index is 12.4. The Morgan fingerprint density at radius 2 is 1.56 bits per heavy atom. The standard InChI is InChI=1S/C13H26N2O2S/c16-18(17,15-12-7-6-10-14-11-12)13-8-4-2-1-3-5-9-13/h12-15H,1-11H2. The minimum Gasteiger partial charge on any atom is -0.315 e. The topological polar surface area (TPSA) is 58.2 Å². The van der Waals surface area contributed by atoms with Crippen LogP contribution in [0.25, 0.3) is 0 Å². The highest BCUT2D eigenvalue weighted by atomic mass is 32.2. The van der Waals surface area contributed by atoms with Gasteiger partial charge in [0.05, 0.1) is 5.25 Å². The van der Waals surface area contributed by atoms with Crippen LogP contribution in [0.2, 0.25) is 0 Å². The molecule has 18 heavy (non-hydrogen) atoms. The van der Waals surface area contributed by atoms with Gasteiger partial charge in [0.15, 0.2) is 0 Å². The molecule has 106 valence electrons. The number of hydrogen-bond acceptors (Lipinski definition) is 3.